The summed E-state index contributed by atoms with van der Waals surface area (Å²) in [4.78, 5) is 36.1. The molecule has 0 radical (unpaired) electrons. The number of unbranched alkanes of at least 4 members (excludes halogenated alkanes) is 16. The first-order chi connectivity index (χ1) is 25.5. The van der Waals surface area contributed by atoms with E-state index in [0.29, 0.717) is 36.1 Å². The van der Waals surface area contributed by atoms with Gasteiger partial charge in [0.1, 0.15) is 0 Å². The SMILES string of the molecule is CCCCCCCCC(CCCCCC)CN1C(=O)C2=C(c3cccs3)N(CC(CCCCCC)CCCCCCCC)C(=O)C2=C1c1cccs1. The van der Waals surface area contributed by atoms with E-state index in [0.717, 1.165) is 46.8 Å². The van der Waals surface area contributed by atoms with Crippen LogP contribution in [-0.2, 0) is 9.59 Å². The topological polar surface area (TPSA) is 40.6 Å². The van der Waals surface area contributed by atoms with E-state index in [2.05, 4.69) is 72.5 Å². The molecule has 290 valence electrons. The Balaban J connectivity index is 1.63. The van der Waals surface area contributed by atoms with Crippen LogP contribution in [-0.4, -0.2) is 34.7 Å². The summed E-state index contributed by atoms with van der Waals surface area (Å²) >= 11 is 3.33. The number of rotatable bonds is 30. The number of carbonyl (C=O) groups is 2. The predicted molar refractivity (Wildman–Crippen MR) is 226 cm³/mol. The van der Waals surface area contributed by atoms with E-state index < -0.39 is 0 Å². The molecule has 0 spiro atoms. The summed E-state index contributed by atoms with van der Waals surface area (Å²) < 4.78 is 0. The van der Waals surface area contributed by atoms with Gasteiger partial charge in [0.05, 0.1) is 32.3 Å². The van der Waals surface area contributed by atoms with Crippen LogP contribution in [0.3, 0.4) is 0 Å². The van der Waals surface area contributed by atoms with Crippen LogP contribution >= 0.6 is 22.7 Å². The van der Waals surface area contributed by atoms with Gasteiger partial charge in [-0.2, -0.15) is 0 Å². The maximum Gasteiger partial charge on any atom is 0.261 e. The second-order valence-electron chi connectivity index (χ2n) is 15.8. The molecule has 2 aliphatic heterocycles. The zero-order valence-electron chi connectivity index (χ0n) is 33.5. The van der Waals surface area contributed by atoms with Gasteiger partial charge in [0.25, 0.3) is 11.8 Å². The Labute approximate surface area is 326 Å². The van der Waals surface area contributed by atoms with Gasteiger partial charge in [0.2, 0.25) is 0 Å². The molecular weight excluding hydrogens is 677 g/mol. The lowest BCUT2D eigenvalue weighted by atomic mass is 9.93. The van der Waals surface area contributed by atoms with Gasteiger partial charge in [-0.1, -0.05) is 168 Å². The first kappa shape index (κ1) is 42.6. The van der Waals surface area contributed by atoms with Crippen molar-refractivity contribution in [2.45, 2.75) is 182 Å². The highest BCUT2D eigenvalue weighted by atomic mass is 32.1. The Bertz CT molecular complexity index is 1250. The van der Waals surface area contributed by atoms with Gasteiger partial charge in [0.15, 0.2) is 0 Å². The van der Waals surface area contributed by atoms with E-state index in [-0.39, 0.29) is 11.8 Å². The summed E-state index contributed by atoms with van der Waals surface area (Å²) in [5.41, 5.74) is 3.11. The molecule has 0 N–H and O–H groups in total. The van der Waals surface area contributed by atoms with E-state index in [1.807, 2.05) is 0 Å². The fraction of sp³-hybridized carbons (Fsp3) is 0.696. The number of thiophene rings is 2. The molecule has 0 aliphatic carbocycles. The first-order valence-corrected chi connectivity index (χ1v) is 23.5. The molecule has 2 aliphatic rings. The van der Waals surface area contributed by atoms with Crippen molar-refractivity contribution >= 4 is 45.9 Å². The molecule has 52 heavy (non-hydrogen) atoms. The maximum atomic E-state index is 14.9. The normalized spacial score (nSPS) is 15.8. The van der Waals surface area contributed by atoms with Crippen LogP contribution in [0.15, 0.2) is 46.2 Å². The highest BCUT2D eigenvalue weighted by Crippen LogP contribution is 2.49. The standard InChI is InChI=1S/C46H72N2O2S2/c1-5-9-13-17-19-23-29-37(27-21-15-11-7-3)35-47-43(39-31-25-33-51-39)41-42(45(47)49)44(40-32-26-34-52-40)48(46(41)50)36-38(28-22-16-12-8-4)30-24-20-18-14-10-6-2/h25-26,31-34,37-38H,5-24,27-30,35-36H2,1-4H3. The quantitative estimate of drug-likeness (QED) is 0.0747. The van der Waals surface area contributed by atoms with E-state index in [9.17, 15) is 9.59 Å². The monoisotopic (exact) mass is 749 g/mol. The van der Waals surface area contributed by atoms with Crippen molar-refractivity contribution in [2.24, 2.45) is 11.8 Å². The largest absolute Gasteiger partial charge is 0.306 e. The Morgan fingerprint density at radius 3 is 1.08 bits per heavy atom. The second-order valence-corrected chi connectivity index (χ2v) is 17.7. The molecule has 4 heterocycles. The number of hydrogen-bond acceptors (Lipinski definition) is 4. The molecule has 2 aromatic heterocycles. The van der Waals surface area contributed by atoms with Crippen molar-refractivity contribution in [3.63, 3.8) is 0 Å². The zero-order chi connectivity index (χ0) is 37.0. The lowest BCUT2D eigenvalue weighted by molar-refractivity contribution is -0.124. The molecule has 0 aromatic carbocycles. The van der Waals surface area contributed by atoms with E-state index >= 15 is 0 Å². The molecule has 4 rings (SSSR count). The van der Waals surface area contributed by atoms with Crippen LogP contribution in [0.5, 0.6) is 0 Å². The Morgan fingerprint density at radius 2 is 0.769 bits per heavy atom. The summed E-state index contributed by atoms with van der Waals surface area (Å²) in [5.74, 6) is 0.996. The first-order valence-electron chi connectivity index (χ1n) is 21.8. The van der Waals surface area contributed by atoms with E-state index in [1.165, 1.54) is 128 Å². The van der Waals surface area contributed by atoms with Crippen LogP contribution < -0.4 is 0 Å². The third kappa shape index (κ3) is 12.4. The smallest absolute Gasteiger partial charge is 0.261 e. The lowest BCUT2D eigenvalue weighted by Crippen LogP contribution is -2.34. The number of carbonyl (C=O) groups excluding carboxylic acids is 2. The van der Waals surface area contributed by atoms with Crippen molar-refractivity contribution in [3.8, 4) is 0 Å². The molecule has 2 atom stereocenters. The van der Waals surface area contributed by atoms with Gasteiger partial charge < -0.3 is 9.80 Å². The summed E-state index contributed by atoms with van der Waals surface area (Å²) in [6.07, 6.45) is 30.1. The molecule has 4 nitrogen and oxygen atoms in total. The van der Waals surface area contributed by atoms with Gasteiger partial charge in [-0.15, -0.1) is 22.7 Å². The average Bonchev–Trinajstić information content (AvgIpc) is 3.96. The fourth-order valence-electron chi connectivity index (χ4n) is 8.40. The molecule has 6 heteroatoms. The third-order valence-corrected chi connectivity index (χ3v) is 13.2. The minimum absolute atomic E-state index is 0.0505. The maximum absolute atomic E-state index is 14.9. The fourth-order valence-corrected chi connectivity index (χ4v) is 9.97. The summed E-state index contributed by atoms with van der Waals surface area (Å²) in [7, 11) is 0. The molecule has 0 fully saturated rings. The molecule has 0 bridgehead atoms. The van der Waals surface area contributed by atoms with Crippen LogP contribution in [0.25, 0.3) is 11.4 Å². The number of nitrogens with zero attached hydrogens (tertiary/aromatic N) is 2. The Kier molecular flexibility index (Phi) is 19.9. The summed E-state index contributed by atoms with van der Waals surface area (Å²) in [6, 6.07) is 8.38. The zero-order valence-corrected chi connectivity index (χ0v) is 35.2. The van der Waals surface area contributed by atoms with Gasteiger partial charge in [-0.25, -0.2) is 0 Å². The van der Waals surface area contributed by atoms with Crippen LogP contribution in [0.1, 0.15) is 192 Å². The molecular formula is C46H72N2O2S2. The molecule has 0 saturated heterocycles. The van der Waals surface area contributed by atoms with Crippen LogP contribution in [0, 0.1) is 11.8 Å². The highest BCUT2D eigenvalue weighted by molar-refractivity contribution is 7.11. The van der Waals surface area contributed by atoms with Gasteiger partial charge in [-0.05, 0) is 60.4 Å². The van der Waals surface area contributed by atoms with E-state index in [4.69, 9.17) is 0 Å². The lowest BCUT2D eigenvalue weighted by Gasteiger charge is -2.29. The van der Waals surface area contributed by atoms with Crippen molar-refractivity contribution in [2.75, 3.05) is 13.1 Å². The van der Waals surface area contributed by atoms with Crippen molar-refractivity contribution in [1.29, 1.82) is 0 Å². The molecule has 0 saturated carbocycles. The number of fused-ring (bicyclic) bond motifs is 1. The average molecular weight is 749 g/mol. The summed E-state index contributed by atoms with van der Waals surface area (Å²) in [6.45, 7) is 10.5. The molecule has 2 unspecified atom stereocenters. The number of amides is 2. The van der Waals surface area contributed by atoms with Crippen molar-refractivity contribution in [3.05, 3.63) is 55.9 Å². The molecule has 2 amide bonds. The van der Waals surface area contributed by atoms with Gasteiger partial charge >= 0.3 is 0 Å². The third-order valence-electron chi connectivity index (χ3n) is 11.4. The Hall–Kier alpha value is -2.18. The van der Waals surface area contributed by atoms with Gasteiger partial charge in [0, 0.05) is 13.1 Å². The molecule has 2 aromatic rings. The van der Waals surface area contributed by atoms with Crippen molar-refractivity contribution < 1.29 is 9.59 Å². The summed E-state index contributed by atoms with van der Waals surface area (Å²) in [5, 5.41) is 4.19. The van der Waals surface area contributed by atoms with Crippen LogP contribution in [0.4, 0.5) is 0 Å². The number of hydrogen-bond donors (Lipinski definition) is 0. The van der Waals surface area contributed by atoms with Crippen molar-refractivity contribution in [1.82, 2.24) is 9.80 Å². The minimum Gasteiger partial charge on any atom is -0.306 e. The highest BCUT2D eigenvalue weighted by Gasteiger charge is 2.49. The predicted octanol–water partition coefficient (Wildman–Crippen LogP) is 14.3. The van der Waals surface area contributed by atoms with Crippen LogP contribution in [0.2, 0.25) is 0 Å². The van der Waals surface area contributed by atoms with E-state index in [1.54, 1.807) is 22.7 Å². The Morgan fingerprint density at radius 1 is 0.462 bits per heavy atom. The second kappa shape index (κ2) is 24.3. The van der Waals surface area contributed by atoms with Gasteiger partial charge in [-0.3, -0.25) is 9.59 Å². The minimum atomic E-state index is 0.0505.